The lowest BCUT2D eigenvalue weighted by Crippen LogP contribution is -2.48. The first-order valence-corrected chi connectivity index (χ1v) is 8.51. The van der Waals surface area contributed by atoms with Crippen LogP contribution in [0.1, 0.15) is 25.5 Å². The Hall–Kier alpha value is -2.60. The van der Waals surface area contributed by atoms with E-state index in [9.17, 15) is 4.79 Å². The summed E-state index contributed by atoms with van der Waals surface area (Å²) in [6.07, 6.45) is 1.80. The van der Waals surface area contributed by atoms with Crippen molar-refractivity contribution in [3.05, 3.63) is 48.2 Å². The van der Waals surface area contributed by atoms with Crippen LogP contribution in [0, 0.1) is 0 Å². The van der Waals surface area contributed by atoms with Crippen LogP contribution in [0.15, 0.2) is 42.6 Å². The van der Waals surface area contributed by atoms with Crippen molar-refractivity contribution in [1.82, 2.24) is 4.98 Å². The zero-order chi connectivity index (χ0) is 17.4. The second-order valence-electron chi connectivity index (χ2n) is 6.54. The van der Waals surface area contributed by atoms with Crippen molar-refractivity contribution in [2.45, 2.75) is 32.1 Å². The van der Waals surface area contributed by atoms with E-state index in [1.807, 2.05) is 24.3 Å². The van der Waals surface area contributed by atoms with Gasteiger partial charge in [-0.2, -0.15) is 0 Å². The zero-order valence-corrected chi connectivity index (χ0v) is 14.3. The van der Waals surface area contributed by atoms with E-state index in [-0.39, 0.29) is 30.8 Å². The van der Waals surface area contributed by atoms with Crippen molar-refractivity contribution >= 4 is 17.4 Å². The molecule has 130 valence electrons. The summed E-state index contributed by atoms with van der Waals surface area (Å²) in [6, 6.07) is 12.2. The van der Waals surface area contributed by atoms with Crippen LogP contribution in [0.2, 0.25) is 0 Å². The Morgan fingerprint density at radius 2 is 2.04 bits per heavy atom. The quantitative estimate of drug-likeness (QED) is 0.911. The van der Waals surface area contributed by atoms with Crippen LogP contribution in [0.5, 0.6) is 5.75 Å². The number of morpholine rings is 1. The second-order valence-corrected chi connectivity index (χ2v) is 6.54. The maximum Gasteiger partial charge on any atom is 0.262 e. The van der Waals surface area contributed by atoms with Crippen molar-refractivity contribution in [2.75, 3.05) is 23.4 Å². The van der Waals surface area contributed by atoms with Gasteiger partial charge in [-0.05, 0) is 19.4 Å². The fraction of sp³-hybridized carbons (Fsp3) is 0.368. The third-order valence-corrected chi connectivity index (χ3v) is 4.60. The van der Waals surface area contributed by atoms with Crippen LogP contribution in [-0.2, 0) is 9.53 Å². The molecule has 0 radical (unpaired) electrons. The van der Waals surface area contributed by atoms with Crippen LogP contribution in [0.25, 0.3) is 0 Å². The number of hydrogen-bond donors (Lipinski definition) is 1. The molecule has 2 aliphatic heterocycles. The topological polar surface area (TPSA) is 63.7 Å². The first-order valence-electron chi connectivity index (χ1n) is 8.51. The summed E-state index contributed by atoms with van der Waals surface area (Å²) in [7, 11) is 0. The van der Waals surface area contributed by atoms with Crippen molar-refractivity contribution in [1.29, 1.82) is 0 Å². The van der Waals surface area contributed by atoms with E-state index in [1.54, 1.807) is 6.20 Å². The number of carbonyl (C=O) groups excluding carboxylic acids is 1. The molecule has 1 amide bonds. The van der Waals surface area contributed by atoms with Gasteiger partial charge >= 0.3 is 0 Å². The fourth-order valence-corrected chi connectivity index (χ4v) is 3.60. The minimum atomic E-state index is -0.145. The third kappa shape index (κ3) is 3.05. The molecule has 0 saturated carbocycles. The fourth-order valence-electron chi connectivity index (χ4n) is 3.60. The lowest BCUT2D eigenvalue weighted by molar-refractivity contribution is -0.118. The molecule has 0 spiro atoms. The minimum absolute atomic E-state index is 0.0230. The van der Waals surface area contributed by atoms with Gasteiger partial charge < -0.3 is 19.7 Å². The van der Waals surface area contributed by atoms with Gasteiger partial charge in [0, 0.05) is 12.6 Å². The number of rotatable bonds is 2. The standard InChI is InChI=1S/C19H21N3O3/c1-12-10-22(19(13(2)25-12)14-6-4-3-5-7-14)17-8-15-16(9-20-17)24-11-18(23)21-15/h3-9,12-13,19H,10-11H2,1-2H3,(H,21,23)/t12-,13+,19+/m1/s1. The van der Waals surface area contributed by atoms with Crippen LogP contribution in [0.3, 0.4) is 0 Å². The maximum atomic E-state index is 11.6. The highest BCUT2D eigenvalue weighted by molar-refractivity contribution is 5.95. The van der Waals surface area contributed by atoms with Gasteiger partial charge in [0.05, 0.1) is 30.1 Å². The molecule has 1 N–H and O–H groups in total. The highest BCUT2D eigenvalue weighted by Gasteiger charge is 2.35. The number of nitrogens with one attached hydrogen (secondary N) is 1. The Bertz CT molecular complexity index is 781. The molecule has 1 saturated heterocycles. The van der Waals surface area contributed by atoms with Crippen LogP contribution in [-0.4, -0.2) is 36.3 Å². The SMILES string of the molecule is C[C@@H]1CN(c2cc3c(cn2)OCC(=O)N3)[C@H](c2ccccc2)[C@H](C)O1. The number of aromatic nitrogens is 1. The van der Waals surface area contributed by atoms with Gasteiger partial charge in [-0.3, -0.25) is 4.79 Å². The van der Waals surface area contributed by atoms with Gasteiger partial charge in [-0.15, -0.1) is 0 Å². The van der Waals surface area contributed by atoms with Gasteiger partial charge in [-0.25, -0.2) is 4.98 Å². The molecule has 1 aromatic heterocycles. The molecule has 3 atom stereocenters. The number of anilines is 2. The second kappa shape index (κ2) is 6.37. The lowest BCUT2D eigenvalue weighted by Gasteiger charge is -2.44. The molecule has 3 heterocycles. The number of pyridine rings is 1. The molecule has 2 aromatic rings. The molecule has 6 heteroatoms. The van der Waals surface area contributed by atoms with Crippen molar-refractivity contribution < 1.29 is 14.3 Å². The molecule has 1 fully saturated rings. The predicted molar refractivity (Wildman–Crippen MR) is 94.9 cm³/mol. The number of fused-ring (bicyclic) bond motifs is 1. The monoisotopic (exact) mass is 339 g/mol. The number of nitrogens with zero attached hydrogens (tertiary/aromatic N) is 2. The van der Waals surface area contributed by atoms with Gasteiger partial charge in [-0.1, -0.05) is 30.3 Å². The van der Waals surface area contributed by atoms with Gasteiger partial charge in [0.15, 0.2) is 12.4 Å². The molecule has 2 aliphatic rings. The van der Waals surface area contributed by atoms with E-state index in [4.69, 9.17) is 9.47 Å². The first-order chi connectivity index (χ1) is 12.1. The first kappa shape index (κ1) is 15.9. The maximum absolute atomic E-state index is 11.6. The van der Waals surface area contributed by atoms with Gasteiger partial charge in [0.25, 0.3) is 5.91 Å². The smallest absolute Gasteiger partial charge is 0.262 e. The van der Waals surface area contributed by atoms with Crippen LogP contribution < -0.4 is 15.0 Å². The summed E-state index contributed by atoms with van der Waals surface area (Å²) in [5, 5.41) is 2.85. The number of hydrogen-bond acceptors (Lipinski definition) is 5. The molecular formula is C19H21N3O3. The molecule has 0 unspecified atom stereocenters. The van der Waals surface area contributed by atoms with E-state index in [0.29, 0.717) is 11.4 Å². The highest BCUT2D eigenvalue weighted by Crippen LogP contribution is 2.37. The van der Waals surface area contributed by atoms with E-state index in [1.165, 1.54) is 5.56 Å². The zero-order valence-electron chi connectivity index (χ0n) is 14.3. The van der Waals surface area contributed by atoms with Crippen molar-refractivity contribution in [3.63, 3.8) is 0 Å². The van der Waals surface area contributed by atoms with Crippen LogP contribution >= 0.6 is 0 Å². The molecule has 1 aromatic carbocycles. The van der Waals surface area contributed by atoms with Gasteiger partial charge in [0.1, 0.15) is 5.82 Å². The highest BCUT2D eigenvalue weighted by atomic mass is 16.5. The molecule has 4 rings (SSSR count). The summed E-state index contributed by atoms with van der Waals surface area (Å²) in [6.45, 7) is 4.91. The number of carbonyl (C=O) groups is 1. The Balaban J connectivity index is 1.73. The molecule has 0 aliphatic carbocycles. The van der Waals surface area contributed by atoms with Crippen LogP contribution in [0.4, 0.5) is 11.5 Å². The average Bonchev–Trinajstić information content (AvgIpc) is 2.61. The van der Waals surface area contributed by atoms with E-state index in [0.717, 1.165) is 12.4 Å². The molecular weight excluding hydrogens is 318 g/mol. The largest absolute Gasteiger partial charge is 0.480 e. The number of ether oxygens (including phenoxy) is 2. The number of benzene rings is 1. The Labute approximate surface area is 146 Å². The normalized spacial score (nSPS) is 25.8. The third-order valence-electron chi connectivity index (χ3n) is 4.60. The van der Waals surface area contributed by atoms with E-state index >= 15 is 0 Å². The summed E-state index contributed by atoms with van der Waals surface area (Å²) in [5.74, 6) is 1.27. The lowest BCUT2D eigenvalue weighted by atomic mass is 9.98. The average molecular weight is 339 g/mol. The summed E-state index contributed by atoms with van der Waals surface area (Å²) in [4.78, 5) is 18.4. The Kier molecular flexibility index (Phi) is 4.05. The summed E-state index contributed by atoms with van der Waals surface area (Å²) >= 11 is 0. The van der Waals surface area contributed by atoms with Gasteiger partial charge in [0.2, 0.25) is 0 Å². The van der Waals surface area contributed by atoms with E-state index in [2.05, 4.69) is 41.2 Å². The summed E-state index contributed by atoms with van der Waals surface area (Å²) in [5.41, 5.74) is 1.85. The Morgan fingerprint density at radius 1 is 1.24 bits per heavy atom. The van der Waals surface area contributed by atoms with Crippen molar-refractivity contribution in [2.24, 2.45) is 0 Å². The molecule has 0 bridgehead atoms. The predicted octanol–water partition coefficient (Wildman–Crippen LogP) is 2.77. The molecule has 25 heavy (non-hydrogen) atoms. The number of amides is 1. The minimum Gasteiger partial charge on any atom is -0.480 e. The van der Waals surface area contributed by atoms with Crippen molar-refractivity contribution in [3.8, 4) is 5.75 Å². The summed E-state index contributed by atoms with van der Waals surface area (Å²) < 4.78 is 11.5. The van der Waals surface area contributed by atoms with E-state index < -0.39 is 0 Å². The molecule has 6 nitrogen and oxygen atoms in total. The Morgan fingerprint density at radius 3 is 2.84 bits per heavy atom.